The van der Waals surface area contributed by atoms with Crippen molar-refractivity contribution in [1.29, 1.82) is 0 Å². The van der Waals surface area contributed by atoms with E-state index in [9.17, 15) is 0 Å². The Labute approximate surface area is 200 Å². The maximum atomic E-state index is 5.43. The Kier molecular flexibility index (Phi) is 7.32. The van der Waals surface area contributed by atoms with Crippen molar-refractivity contribution in [3.8, 4) is 28.5 Å². The molecule has 1 saturated heterocycles. The van der Waals surface area contributed by atoms with Gasteiger partial charge in [-0.05, 0) is 24.1 Å². The van der Waals surface area contributed by atoms with Gasteiger partial charge in [0.25, 0.3) is 0 Å². The monoisotopic (exact) mass is 464 g/mol. The lowest BCUT2D eigenvalue weighted by molar-refractivity contribution is 0.324. The van der Waals surface area contributed by atoms with Crippen LogP contribution in [0, 0.1) is 5.92 Å². The van der Waals surface area contributed by atoms with Gasteiger partial charge in [-0.2, -0.15) is 0 Å². The number of ether oxygens (including phenoxy) is 3. The lowest BCUT2D eigenvalue weighted by Gasteiger charge is -2.36. The van der Waals surface area contributed by atoms with Crippen molar-refractivity contribution in [1.82, 2.24) is 20.3 Å². The smallest absolute Gasteiger partial charge is 0.227 e. The van der Waals surface area contributed by atoms with E-state index in [2.05, 4.69) is 51.5 Å². The van der Waals surface area contributed by atoms with E-state index in [1.807, 2.05) is 24.4 Å². The number of methoxy groups -OCH3 is 3. The number of hydrogen-bond donors (Lipinski definition) is 2. The Bertz CT molecular complexity index is 1080. The van der Waals surface area contributed by atoms with Gasteiger partial charge < -0.3 is 29.7 Å². The third kappa shape index (κ3) is 5.14. The second-order valence-electron chi connectivity index (χ2n) is 8.46. The number of anilines is 3. The summed E-state index contributed by atoms with van der Waals surface area (Å²) in [6.07, 6.45) is 3.59. The lowest BCUT2D eigenvalue weighted by atomic mass is 10.0. The highest BCUT2D eigenvalue weighted by Crippen LogP contribution is 2.40. The van der Waals surface area contributed by atoms with Gasteiger partial charge in [0.1, 0.15) is 5.82 Å². The summed E-state index contributed by atoms with van der Waals surface area (Å²) < 4.78 is 16.2. The fraction of sp³-hybridized carbons (Fsp3) is 0.400. The number of piperazine rings is 1. The summed E-state index contributed by atoms with van der Waals surface area (Å²) in [4.78, 5) is 16.1. The van der Waals surface area contributed by atoms with Crippen molar-refractivity contribution < 1.29 is 14.2 Å². The van der Waals surface area contributed by atoms with Crippen LogP contribution in [0.25, 0.3) is 11.3 Å². The Morgan fingerprint density at radius 3 is 2.41 bits per heavy atom. The van der Waals surface area contributed by atoms with Crippen molar-refractivity contribution in [2.24, 2.45) is 5.92 Å². The molecule has 9 heteroatoms. The number of hydrogen-bond acceptors (Lipinski definition) is 9. The number of rotatable bonds is 8. The number of benzene rings is 1. The number of pyridine rings is 1. The molecule has 3 aromatic rings. The molecular weight excluding hydrogens is 432 g/mol. The molecule has 0 saturated carbocycles. The highest BCUT2D eigenvalue weighted by molar-refractivity contribution is 5.67. The van der Waals surface area contributed by atoms with Gasteiger partial charge in [-0.3, -0.25) is 0 Å². The van der Waals surface area contributed by atoms with Crippen LogP contribution in [0.3, 0.4) is 0 Å². The van der Waals surface area contributed by atoms with Crippen LogP contribution in [-0.4, -0.2) is 62.0 Å². The third-order valence-electron chi connectivity index (χ3n) is 5.95. The van der Waals surface area contributed by atoms with Gasteiger partial charge in [0.15, 0.2) is 11.5 Å². The Hall–Kier alpha value is -3.59. The molecule has 34 heavy (non-hydrogen) atoms. The first kappa shape index (κ1) is 23.6. The fourth-order valence-corrected chi connectivity index (χ4v) is 4.02. The molecule has 1 aliphatic heterocycles. The predicted octanol–water partition coefficient (Wildman–Crippen LogP) is 3.74. The minimum atomic E-state index is 0.456. The van der Waals surface area contributed by atoms with Crippen LogP contribution in [0.15, 0.2) is 42.7 Å². The third-order valence-corrected chi connectivity index (χ3v) is 5.95. The Morgan fingerprint density at radius 2 is 1.79 bits per heavy atom. The average Bonchev–Trinajstić information content (AvgIpc) is 2.88. The Morgan fingerprint density at radius 1 is 1.03 bits per heavy atom. The minimum Gasteiger partial charge on any atom is -0.493 e. The van der Waals surface area contributed by atoms with Crippen LogP contribution in [0.1, 0.15) is 13.8 Å². The summed E-state index contributed by atoms with van der Waals surface area (Å²) in [6, 6.07) is 10.1. The molecule has 2 N–H and O–H groups in total. The van der Waals surface area contributed by atoms with Gasteiger partial charge in [0.2, 0.25) is 11.7 Å². The lowest BCUT2D eigenvalue weighted by Crippen LogP contribution is -2.53. The molecule has 0 spiro atoms. The van der Waals surface area contributed by atoms with E-state index in [1.165, 1.54) is 0 Å². The normalized spacial score (nSPS) is 15.8. The summed E-state index contributed by atoms with van der Waals surface area (Å²) in [5.74, 6) is 3.65. The largest absolute Gasteiger partial charge is 0.493 e. The number of aromatic nitrogens is 3. The number of nitrogens with one attached hydrogen (secondary N) is 2. The molecule has 0 amide bonds. The summed E-state index contributed by atoms with van der Waals surface area (Å²) >= 11 is 0. The second-order valence-corrected chi connectivity index (χ2v) is 8.46. The van der Waals surface area contributed by atoms with Crippen molar-refractivity contribution >= 4 is 17.5 Å². The van der Waals surface area contributed by atoms with Gasteiger partial charge in [0, 0.05) is 61.5 Å². The zero-order chi connectivity index (χ0) is 24.1. The van der Waals surface area contributed by atoms with E-state index < -0.39 is 0 Å². The first-order valence-electron chi connectivity index (χ1n) is 11.4. The molecule has 0 aliphatic carbocycles. The van der Waals surface area contributed by atoms with E-state index in [1.54, 1.807) is 27.5 Å². The quantitative estimate of drug-likeness (QED) is 0.517. The molecule has 3 heterocycles. The molecule has 1 aromatic carbocycles. The van der Waals surface area contributed by atoms with Crippen LogP contribution in [0.5, 0.6) is 17.2 Å². The standard InChI is InChI=1S/C25H32N6O3/c1-16(2)20-15-31(11-10-26-20)23-7-6-17(14-28-23)19-8-9-27-25(30-19)29-18-12-21(32-3)24(34-5)22(13-18)33-4/h6-9,12-14,16,20,26H,10-11,15H2,1-5H3,(H,27,29,30)/t20-/m1/s1. The molecule has 1 atom stereocenters. The highest BCUT2D eigenvalue weighted by atomic mass is 16.5. The van der Waals surface area contributed by atoms with Crippen molar-refractivity contribution in [3.05, 3.63) is 42.7 Å². The predicted molar refractivity (Wildman–Crippen MR) is 133 cm³/mol. The van der Waals surface area contributed by atoms with E-state index in [0.29, 0.717) is 35.2 Å². The van der Waals surface area contributed by atoms with Crippen LogP contribution >= 0.6 is 0 Å². The van der Waals surface area contributed by atoms with Crippen LogP contribution in [-0.2, 0) is 0 Å². The van der Waals surface area contributed by atoms with Crippen LogP contribution in [0.2, 0.25) is 0 Å². The topological polar surface area (TPSA) is 93.7 Å². The molecule has 1 aliphatic rings. The van der Waals surface area contributed by atoms with Gasteiger partial charge in [0.05, 0.1) is 27.0 Å². The summed E-state index contributed by atoms with van der Waals surface area (Å²) in [7, 11) is 4.74. The zero-order valence-electron chi connectivity index (χ0n) is 20.3. The maximum absolute atomic E-state index is 5.43. The number of nitrogens with zero attached hydrogens (tertiary/aromatic N) is 4. The van der Waals surface area contributed by atoms with Crippen LogP contribution in [0.4, 0.5) is 17.5 Å². The van der Waals surface area contributed by atoms with Gasteiger partial charge in [-0.25, -0.2) is 15.0 Å². The first-order chi connectivity index (χ1) is 16.5. The van der Waals surface area contributed by atoms with Gasteiger partial charge in [-0.15, -0.1) is 0 Å². The van der Waals surface area contributed by atoms with E-state index >= 15 is 0 Å². The van der Waals surface area contributed by atoms with Crippen LogP contribution < -0.4 is 29.7 Å². The molecule has 9 nitrogen and oxygen atoms in total. The Balaban J connectivity index is 1.52. The van der Waals surface area contributed by atoms with Crippen molar-refractivity contribution in [2.45, 2.75) is 19.9 Å². The minimum absolute atomic E-state index is 0.456. The summed E-state index contributed by atoms with van der Waals surface area (Å²) in [5.41, 5.74) is 2.43. The molecule has 180 valence electrons. The molecule has 4 rings (SSSR count). The van der Waals surface area contributed by atoms with E-state index in [0.717, 1.165) is 42.4 Å². The second kappa shape index (κ2) is 10.6. The molecule has 1 fully saturated rings. The average molecular weight is 465 g/mol. The maximum Gasteiger partial charge on any atom is 0.227 e. The first-order valence-corrected chi connectivity index (χ1v) is 11.4. The van der Waals surface area contributed by atoms with Gasteiger partial charge >= 0.3 is 0 Å². The van der Waals surface area contributed by atoms with Crippen molar-refractivity contribution in [2.75, 3.05) is 51.2 Å². The zero-order valence-corrected chi connectivity index (χ0v) is 20.3. The molecule has 0 bridgehead atoms. The molecule has 0 unspecified atom stereocenters. The summed E-state index contributed by atoms with van der Waals surface area (Å²) in [5, 5.41) is 6.81. The van der Waals surface area contributed by atoms with E-state index in [4.69, 9.17) is 19.2 Å². The summed E-state index contributed by atoms with van der Waals surface area (Å²) in [6.45, 7) is 7.37. The van der Waals surface area contributed by atoms with E-state index in [-0.39, 0.29) is 0 Å². The fourth-order valence-electron chi connectivity index (χ4n) is 4.02. The van der Waals surface area contributed by atoms with Crippen molar-refractivity contribution in [3.63, 3.8) is 0 Å². The highest BCUT2D eigenvalue weighted by Gasteiger charge is 2.22. The molecule has 2 aromatic heterocycles. The molecule has 0 radical (unpaired) electrons. The SMILES string of the molecule is COc1cc(Nc2nccc(-c3ccc(N4CCN[C@@H](C(C)C)C4)nc3)n2)cc(OC)c1OC. The molecular formula is C25H32N6O3. The van der Waals surface area contributed by atoms with Gasteiger partial charge in [-0.1, -0.05) is 13.8 Å².